The monoisotopic (exact) mass is 302 g/mol. The van der Waals surface area contributed by atoms with Crippen molar-refractivity contribution in [3.63, 3.8) is 0 Å². The number of hydrogen-bond donors (Lipinski definition) is 2. The number of carbonyl (C=O) groups excluding carboxylic acids is 1. The van der Waals surface area contributed by atoms with Crippen LogP contribution >= 0.6 is 11.5 Å². The molecule has 106 valence electrons. The maximum atomic E-state index is 12.9. The highest BCUT2D eigenvalue weighted by Crippen LogP contribution is 2.20. The van der Waals surface area contributed by atoms with E-state index in [9.17, 15) is 9.18 Å². The minimum Gasteiger partial charge on any atom is -0.311 e. The van der Waals surface area contributed by atoms with Gasteiger partial charge in [-0.3, -0.25) is 9.89 Å². The van der Waals surface area contributed by atoms with Gasteiger partial charge in [-0.05, 0) is 54.9 Å². The molecule has 2 N–H and O–H groups in total. The molecule has 0 unspecified atom stereocenters. The van der Waals surface area contributed by atoms with Gasteiger partial charge in [0.1, 0.15) is 16.5 Å². The van der Waals surface area contributed by atoms with E-state index >= 15 is 0 Å². The van der Waals surface area contributed by atoms with E-state index in [1.807, 2.05) is 6.92 Å². The lowest BCUT2D eigenvalue weighted by Crippen LogP contribution is -2.11. The van der Waals surface area contributed by atoms with Crippen molar-refractivity contribution in [2.24, 2.45) is 0 Å². The fourth-order valence-corrected chi connectivity index (χ4v) is 2.46. The topological polar surface area (TPSA) is 70.7 Å². The molecule has 0 fully saturated rings. The molecule has 3 rings (SSSR count). The first-order chi connectivity index (χ1) is 10.1. The van der Waals surface area contributed by atoms with Crippen molar-refractivity contribution in [3.8, 4) is 11.3 Å². The van der Waals surface area contributed by atoms with Crippen molar-refractivity contribution >= 4 is 22.4 Å². The van der Waals surface area contributed by atoms with Gasteiger partial charge in [0.05, 0.1) is 11.4 Å². The summed E-state index contributed by atoms with van der Waals surface area (Å²) in [6.45, 7) is 1.86. The van der Waals surface area contributed by atoms with E-state index < -0.39 is 0 Å². The summed E-state index contributed by atoms with van der Waals surface area (Å²) in [7, 11) is 0. The van der Waals surface area contributed by atoms with Gasteiger partial charge in [-0.15, -0.1) is 0 Å². The van der Waals surface area contributed by atoms with E-state index in [0.29, 0.717) is 16.4 Å². The molecule has 0 spiro atoms. The van der Waals surface area contributed by atoms with Gasteiger partial charge in [0.25, 0.3) is 5.91 Å². The number of amides is 1. The molecule has 0 aliphatic carbocycles. The second-order valence-corrected chi connectivity index (χ2v) is 5.27. The van der Waals surface area contributed by atoms with Gasteiger partial charge in [-0.1, -0.05) is 0 Å². The Kier molecular flexibility index (Phi) is 3.49. The van der Waals surface area contributed by atoms with Crippen molar-refractivity contribution in [3.05, 3.63) is 53.6 Å². The SMILES string of the molecule is Cc1cc(NC(=O)c2cc(-c3ccc(F)cc3)n[nH]2)sn1. The Bertz CT molecular complexity index is 778. The minimum atomic E-state index is -0.312. The van der Waals surface area contributed by atoms with Crippen LogP contribution in [0.2, 0.25) is 0 Å². The number of nitrogens with zero attached hydrogens (tertiary/aromatic N) is 2. The summed E-state index contributed by atoms with van der Waals surface area (Å²) in [6, 6.07) is 9.34. The molecule has 0 radical (unpaired) electrons. The van der Waals surface area contributed by atoms with Gasteiger partial charge in [0.15, 0.2) is 0 Å². The first kappa shape index (κ1) is 13.4. The number of aromatic nitrogens is 3. The standard InChI is InChI=1S/C14H11FN4OS/c1-8-6-13(21-19-8)16-14(20)12-7-11(17-18-12)9-2-4-10(15)5-3-9/h2-7H,1H3,(H,16,20)(H,17,18). The maximum absolute atomic E-state index is 12.9. The third-order valence-electron chi connectivity index (χ3n) is 2.83. The Morgan fingerprint density at radius 1 is 1.29 bits per heavy atom. The van der Waals surface area contributed by atoms with Crippen LogP contribution in [-0.2, 0) is 0 Å². The van der Waals surface area contributed by atoms with E-state index in [0.717, 1.165) is 11.3 Å². The van der Waals surface area contributed by atoms with E-state index in [2.05, 4.69) is 19.9 Å². The Balaban J connectivity index is 1.78. The van der Waals surface area contributed by atoms with Crippen LogP contribution in [0.4, 0.5) is 9.39 Å². The number of nitrogens with one attached hydrogen (secondary N) is 2. The van der Waals surface area contributed by atoms with Crippen LogP contribution in [0.3, 0.4) is 0 Å². The number of benzene rings is 1. The molecule has 0 bridgehead atoms. The highest BCUT2D eigenvalue weighted by Gasteiger charge is 2.12. The normalized spacial score (nSPS) is 10.6. The second kappa shape index (κ2) is 5.45. The number of rotatable bonds is 3. The highest BCUT2D eigenvalue weighted by atomic mass is 32.1. The van der Waals surface area contributed by atoms with Crippen LogP contribution < -0.4 is 5.32 Å². The molecule has 2 aromatic heterocycles. The van der Waals surface area contributed by atoms with E-state index in [1.54, 1.807) is 24.3 Å². The summed E-state index contributed by atoms with van der Waals surface area (Å²) >= 11 is 1.22. The quantitative estimate of drug-likeness (QED) is 0.780. The summed E-state index contributed by atoms with van der Waals surface area (Å²) in [5.74, 6) is -0.604. The second-order valence-electron chi connectivity index (χ2n) is 4.46. The highest BCUT2D eigenvalue weighted by molar-refractivity contribution is 7.10. The van der Waals surface area contributed by atoms with Crippen LogP contribution in [0.15, 0.2) is 36.4 Å². The Labute approximate surface area is 124 Å². The largest absolute Gasteiger partial charge is 0.311 e. The smallest absolute Gasteiger partial charge is 0.274 e. The molecule has 0 saturated heterocycles. The first-order valence-corrected chi connectivity index (χ1v) is 6.95. The number of H-pyrrole nitrogens is 1. The first-order valence-electron chi connectivity index (χ1n) is 6.18. The summed E-state index contributed by atoms with van der Waals surface area (Å²) in [5.41, 5.74) is 2.51. The molecule has 0 saturated carbocycles. The third kappa shape index (κ3) is 2.97. The average Bonchev–Trinajstić information content (AvgIpc) is 3.09. The zero-order valence-corrected chi connectivity index (χ0v) is 11.9. The van der Waals surface area contributed by atoms with Crippen molar-refractivity contribution < 1.29 is 9.18 Å². The van der Waals surface area contributed by atoms with Gasteiger partial charge in [-0.25, -0.2) is 4.39 Å². The predicted octanol–water partition coefficient (Wildman–Crippen LogP) is 3.23. The van der Waals surface area contributed by atoms with Gasteiger partial charge < -0.3 is 5.32 Å². The average molecular weight is 302 g/mol. The molecule has 0 aliphatic rings. The molecule has 2 heterocycles. The Hall–Kier alpha value is -2.54. The lowest BCUT2D eigenvalue weighted by Gasteiger charge is -1.97. The van der Waals surface area contributed by atoms with Gasteiger partial charge >= 0.3 is 0 Å². The molecule has 1 amide bonds. The molecule has 1 aromatic carbocycles. The summed E-state index contributed by atoms with van der Waals surface area (Å²) in [4.78, 5) is 12.1. The summed E-state index contributed by atoms with van der Waals surface area (Å²) < 4.78 is 17.0. The predicted molar refractivity (Wildman–Crippen MR) is 78.8 cm³/mol. The Morgan fingerprint density at radius 3 is 2.71 bits per heavy atom. The van der Waals surface area contributed by atoms with Crippen LogP contribution in [-0.4, -0.2) is 20.5 Å². The molecule has 5 nitrogen and oxygen atoms in total. The number of hydrogen-bond acceptors (Lipinski definition) is 4. The van der Waals surface area contributed by atoms with Crippen LogP contribution in [0, 0.1) is 12.7 Å². The maximum Gasteiger partial charge on any atom is 0.274 e. The fraction of sp³-hybridized carbons (Fsp3) is 0.0714. The number of anilines is 1. The van der Waals surface area contributed by atoms with Crippen molar-refractivity contribution in [2.45, 2.75) is 6.92 Å². The molecule has 21 heavy (non-hydrogen) atoms. The third-order valence-corrected chi connectivity index (χ3v) is 3.62. The molecule has 0 atom stereocenters. The fourth-order valence-electron chi connectivity index (χ4n) is 1.81. The van der Waals surface area contributed by atoms with Crippen LogP contribution in [0.25, 0.3) is 11.3 Å². The van der Waals surface area contributed by atoms with Gasteiger partial charge in [0.2, 0.25) is 0 Å². The van der Waals surface area contributed by atoms with Gasteiger partial charge in [-0.2, -0.15) is 9.47 Å². The Morgan fingerprint density at radius 2 is 2.05 bits per heavy atom. The lowest BCUT2D eigenvalue weighted by atomic mass is 10.1. The molecular formula is C14H11FN4OS. The zero-order valence-electron chi connectivity index (χ0n) is 11.1. The summed E-state index contributed by atoms with van der Waals surface area (Å²) in [5, 5.41) is 10.2. The van der Waals surface area contributed by atoms with Crippen LogP contribution in [0.1, 0.15) is 16.2 Å². The number of halogens is 1. The zero-order chi connectivity index (χ0) is 14.8. The van der Waals surface area contributed by atoms with Gasteiger partial charge in [0, 0.05) is 5.56 Å². The molecule has 0 aliphatic heterocycles. The number of aromatic amines is 1. The van der Waals surface area contributed by atoms with Crippen LogP contribution in [0.5, 0.6) is 0 Å². The van der Waals surface area contributed by atoms with E-state index in [4.69, 9.17) is 0 Å². The van der Waals surface area contributed by atoms with Crippen molar-refractivity contribution in [1.29, 1.82) is 0 Å². The van der Waals surface area contributed by atoms with Crippen molar-refractivity contribution in [2.75, 3.05) is 5.32 Å². The van der Waals surface area contributed by atoms with Crippen molar-refractivity contribution in [1.82, 2.24) is 14.6 Å². The molecule has 3 aromatic rings. The number of aryl methyl sites for hydroxylation is 1. The minimum absolute atomic E-state index is 0.292. The molecule has 7 heteroatoms. The molecular weight excluding hydrogens is 291 g/mol. The lowest BCUT2D eigenvalue weighted by molar-refractivity contribution is 0.102. The number of carbonyl (C=O) groups is 1. The van der Waals surface area contributed by atoms with E-state index in [1.165, 1.54) is 23.7 Å². The van der Waals surface area contributed by atoms with E-state index in [-0.39, 0.29) is 11.7 Å². The summed E-state index contributed by atoms with van der Waals surface area (Å²) in [6.07, 6.45) is 0.